The summed E-state index contributed by atoms with van der Waals surface area (Å²) in [5, 5.41) is 0. The second kappa shape index (κ2) is 4.47. The van der Waals surface area contributed by atoms with Crippen molar-refractivity contribution in [3.05, 3.63) is 35.7 Å². The maximum absolute atomic E-state index is 13.6. The third-order valence-electron chi connectivity index (χ3n) is 2.77. The minimum Gasteiger partial charge on any atom is -0.497 e. The number of rotatable bonds is 2. The first kappa shape index (κ1) is 10.9. The molecule has 0 unspecified atom stereocenters. The fourth-order valence-electron chi connectivity index (χ4n) is 1.84. The second-order valence-electron chi connectivity index (χ2n) is 3.82. The first-order valence-electron chi connectivity index (χ1n) is 5.25. The van der Waals surface area contributed by atoms with Crippen LogP contribution in [0.25, 0.3) is 5.57 Å². The molecule has 1 aliphatic carbocycles. The number of ether oxygens (including phenoxy) is 1. The molecule has 0 radical (unpaired) electrons. The minimum absolute atomic E-state index is 0.215. The van der Waals surface area contributed by atoms with Crippen LogP contribution in [0.1, 0.15) is 24.8 Å². The molecule has 0 aliphatic heterocycles. The van der Waals surface area contributed by atoms with Crippen molar-refractivity contribution in [3.8, 4) is 5.75 Å². The molecule has 1 aliphatic rings. The largest absolute Gasteiger partial charge is 0.497 e. The summed E-state index contributed by atoms with van der Waals surface area (Å²) in [7, 11) is 1.55. The molecule has 0 aromatic heterocycles. The van der Waals surface area contributed by atoms with Crippen LogP contribution in [-0.2, 0) is 4.79 Å². The van der Waals surface area contributed by atoms with Crippen molar-refractivity contribution in [2.75, 3.05) is 7.11 Å². The van der Waals surface area contributed by atoms with Gasteiger partial charge in [0.2, 0.25) is 0 Å². The van der Waals surface area contributed by atoms with E-state index in [1.807, 2.05) is 6.08 Å². The molecular formula is C13H13FO2. The van der Waals surface area contributed by atoms with E-state index in [9.17, 15) is 9.18 Å². The minimum atomic E-state index is -0.263. The van der Waals surface area contributed by atoms with Crippen LogP contribution in [0.2, 0.25) is 0 Å². The topological polar surface area (TPSA) is 26.3 Å². The summed E-state index contributed by atoms with van der Waals surface area (Å²) in [4.78, 5) is 11.1. The molecule has 0 N–H and O–H groups in total. The van der Waals surface area contributed by atoms with Crippen LogP contribution in [0.4, 0.5) is 4.39 Å². The molecule has 2 nitrogen and oxygen atoms in total. The average molecular weight is 220 g/mol. The predicted octanol–water partition coefficient (Wildman–Crippen LogP) is 2.97. The highest BCUT2D eigenvalue weighted by Gasteiger charge is 2.15. The number of halogens is 1. The van der Waals surface area contributed by atoms with Crippen molar-refractivity contribution in [2.24, 2.45) is 0 Å². The summed E-state index contributed by atoms with van der Waals surface area (Å²) >= 11 is 0. The summed E-state index contributed by atoms with van der Waals surface area (Å²) in [5.74, 6) is 0.586. The van der Waals surface area contributed by atoms with Crippen LogP contribution in [0.5, 0.6) is 5.75 Å². The van der Waals surface area contributed by atoms with E-state index in [2.05, 4.69) is 0 Å². The molecule has 84 valence electrons. The predicted molar refractivity (Wildman–Crippen MR) is 59.8 cm³/mol. The monoisotopic (exact) mass is 220 g/mol. The maximum atomic E-state index is 13.6. The average Bonchev–Trinajstić information content (AvgIpc) is 2.31. The number of ketones is 1. The Labute approximate surface area is 93.7 Å². The molecular weight excluding hydrogens is 207 g/mol. The normalized spacial score (nSPS) is 15.9. The molecule has 0 saturated heterocycles. The van der Waals surface area contributed by atoms with E-state index in [1.54, 1.807) is 19.2 Å². The quantitative estimate of drug-likeness (QED) is 0.765. The molecule has 0 fully saturated rings. The van der Waals surface area contributed by atoms with Gasteiger partial charge in [-0.3, -0.25) is 4.79 Å². The smallest absolute Gasteiger partial charge is 0.137 e. The van der Waals surface area contributed by atoms with Crippen LogP contribution >= 0.6 is 0 Å². The zero-order valence-electron chi connectivity index (χ0n) is 9.13. The third-order valence-corrected chi connectivity index (χ3v) is 2.77. The Morgan fingerprint density at radius 1 is 1.31 bits per heavy atom. The molecule has 1 aromatic carbocycles. The number of Topliss-reactive ketones (excluding diaryl/α,β-unsaturated/α-hetero) is 1. The molecule has 0 heterocycles. The molecule has 0 atom stereocenters. The number of methoxy groups -OCH3 is 1. The lowest BCUT2D eigenvalue weighted by Gasteiger charge is -2.13. The van der Waals surface area contributed by atoms with Gasteiger partial charge in [0.05, 0.1) is 7.11 Å². The Bertz CT molecular complexity index is 449. The van der Waals surface area contributed by atoms with Gasteiger partial charge in [-0.15, -0.1) is 0 Å². The lowest BCUT2D eigenvalue weighted by Crippen LogP contribution is -2.04. The van der Waals surface area contributed by atoms with Gasteiger partial charge in [-0.2, -0.15) is 0 Å². The Morgan fingerprint density at radius 2 is 2.12 bits per heavy atom. The number of hydrogen-bond donors (Lipinski definition) is 0. The fraction of sp³-hybridized carbons (Fsp3) is 0.308. The van der Waals surface area contributed by atoms with E-state index in [-0.39, 0.29) is 11.6 Å². The van der Waals surface area contributed by atoms with Gasteiger partial charge in [0.1, 0.15) is 17.3 Å². The van der Waals surface area contributed by atoms with Gasteiger partial charge in [0, 0.05) is 18.4 Å². The van der Waals surface area contributed by atoms with Gasteiger partial charge in [0.25, 0.3) is 0 Å². The van der Waals surface area contributed by atoms with E-state index in [0.29, 0.717) is 30.6 Å². The van der Waals surface area contributed by atoms with Crippen LogP contribution in [0.15, 0.2) is 24.3 Å². The zero-order valence-corrected chi connectivity index (χ0v) is 9.13. The highest BCUT2D eigenvalue weighted by molar-refractivity contribution is 5.87. The molecule has 0 amide bonds. The highest BCUT2D eigenvalue weighted by atomic mass is 19.1. The Balaban J connectivity index is 2.35. The molecule has 0 saturated carbocycles. The summed E-state index contributed by atoms with van der Waals surface area (Å²) in [5.41, 5.74) is 1.45. The van der Waals surface area contributed by atoms with Gasteiger partial charge in [0.15, 0.2) is 0 Å². The number of allylic oxidation sites excluding steroid dienone is 2. The number of hydrogen-bond acceptors (Lipinski definition) is 2. The third kappa shape index (κ3) is 2.13. The maximum Gasteiger partial charge on any atom is 0.137 e. The van der Waals surface area contributed by atoms with Crippen LogP contribution in [-0.4, -0.2) is 12.9 Å². The standard InChI is InChI=1S/C13H13FO2/c1-16-11-6-7-13(14)12(8-11)9-2-4-10(15)5-3-9/h2,6-8H,3-5H2,1H3. The van der Waals surface area contributed by atoms with Gasteiger partial charge < -0.3 is 4.74 Å². The van der Waals surface area contributed by atoms with Crippen LogP contribution in [0, 0.1) is 5.82 Å². The zero-order chi connectivity index (χ0) is 11.5. The fourth-order valence-corrected chi connectivity index (χ4v) is 1.84. The number of carbonyl (C=O) groups excluding carboxylic acids is 1. The lowest BCUT2D eigenvalue weighted by molar-refractivity contribution is -0.118. The van der Waals surface area contributed by atoms with Gasteiger partial charge in [-0.05, 0) is 30.2 Å². The van der Waals surface area contributed by atoms with Crippen molar-refractivity contribution in [1.82, 2.24) is 0 Å². The molecule has 1 aromatic rings. The molecule has 2 rings (SSSR count). The van der Waals surface area contributed by atoms with Crippen LogP contribution < -0.4 is 4.74 Å². The Morgan fingerprint density at radius 3 is 2.75 bits per heavy atom. The Hall–Kier alpha value is -1.64. The second-order valence-corrected chi connectivity index (χ2v) is 3.82. The van der Waals surface area contributed by atoms with Crippen molar-refractivity contribution in [3.63, 3.8) is 0 Å². The summed E-state index contributed by atoms with van der Waals surface area (Å²) in [6.45, 7) is 0. The summed E-state index contributed by atoms with van der Waals surface area (Å²) in [6.07, 6.45) is 3.33. The Kier molecular flexibility index (Phi) is 3.04. The summed E-state index contributed by atoms with van der Waals surface area (Å²) < 4.78 is 18.7. The van der Waals surface area contributed by atoms with Crippen LogP contribution in [0.3, 0.4) is 0 Å². The SMILES string of the molecule is COc1ccc(F)c(C2=CCC(=O)CC2)c1. The van der Waals surface area contributed by atoms with Crippen molar-refractivity contribution in [1.29, 1.82) is 0 Å². The first-order chi connectivity index (χ1) is 7.70. The van der Waals surface area contributed by atoms with E-state index in [0.717, 1.165) is 5.57 Å². The van der Waals surface area contributed by atoms with Gasteiger partial charge in [-0.1, -0.05) is 6.08 Å². The van der Waals surface area contributed by atoms with Gasteiger partial charge in [-0.25, -0.2) is 4.39 Å². The molecule has 3 heteroatoms. The van der Waals surface area contributed by atoms with E-state index >= 15 is 0 Å². The van der Waals surface area contributed by atoms with Gasteiger partial charge >= 0.3 is 0 Å². The molecule has 0 spiro atoms. The molecule has 16 heavy (non-hydrogen) atoms. The lowest BCUT2D eigenvalue weighted by atomic mass is 9.92. The van der Waals surface area contributed by atoms with E-state index in [1.165, 1.54) is 6.07 Å². The first-order valence-corrected chi connectivity index (χ1v) is 5.25. The van der Waals surface area contributed by atoms with E-state index in [4.69, 9.17) is 4.74 Å². The van der Waals surface area contributed by atoms with Crippen molar-refractivity contribution in [2.45, 2.75) is 19.3 Å². The molecule has 0 bridgehead atoms. The number of carbonyl (C=O) groups is 1. The number of benzene rings is 1. The van der Waals surface area contributed by atoms with Crippen molar-refractivity contribution < 1.29 is 13.9 Å². The van der Waals surface area contributed by atoms with E-state index < -0.39 is 0 Å². The highest BCUT2D eigenvalue weighted by Crippen LogP contribution is 2.29. The summed E-state index contributed by atoms with van der Waals surface area (Å²) in [6, 6.07) is 4.66. The van der Waals surface area contributed by atoms with Crippen molar-refractivity contribution >= 4 is 11.4 Å².